The summed E-state index contributed by atoms with van der Waals surface area (Å²) in [5.41, 5.74) is 5.87. The number of methoxy groups -OCH3 is 4. The summed E-state index contributed by atoms with van der Waals surface area (Å²) in [5.74, 6) is 4.13. The summed E-state index contributed by atoms with van der Waals surface area (Å²) in [6, 6.07) is 18.6. The lowest BCUT2D eigenvalue weighted by atomic mass is 9.72. The number of rotatable bonds is 8. The van der Waals surface area contributed by atoms with Crippen LogP contribution in [0, 0.1) is 11.8 Å². The van der Waals surface area contributed by atoms with Crippen molar-refractivity contribution in [3.05, 3.63) is 82.4 Å². The number of piperidine rings is 1. The van der Waals surface area contributed by atoms with Gasteiger partial charge in [0.1, 0.15) is 0 Å². The fourth-order valence-corrected chi connectivity index (χ4v) is 7.81. The molecule has 0 saturated carbocycles. The van der Waals surface area contributed by atoms with Crippen molar-refractivity contribution in [1.82, 2.24) is 9.80 Å². The minimum absolute atomic E-state index is 0.0460. The fraction of sp³-hybridized carbons (Fsp3) is 0.472. The van der Waals surface area contributed by atoms with Crippen LogP contribution in [0.25, 0.3) is 0 Å². The van der Waals surface area contributed by atoms with Crippen LogP contribution in [0.15, 0.2) is 54.6 Å². The summed E-state index contributed by atoms with van der Waals surface area (Å²) in [7, 11) is 6.78. The molecule has 0 bridgehead atoms. The van der Waals surface area contributed by atoms with Gasteiger partial charge in [-0.3, -0.25) is 9.69 Å². The van der Waals surface area contributed by atoms with Gasteiger partial charge in [-0.2, -0.15) is 0 Å². The number of hydrogen-bond donors (Lipinski definition) is 0. The number of fused-ring (bicyclic) bond motifs is 4. The topological polar surface area (TPSA) is 60.5 Å². The van der Waals surface area contributed by atoms with Gasteiger partial charge in [0.15, 0.2) is 23.0 Å². The summed E-state index contributed by atoms with van der Waals surface area (Å²) in [6.07, 6.45) is 4.88. The molecule has 3 heterocycles. The molecule has 7 heteroatoms. The lowest BCUT2D eigenvalue weighted by Gasteiger charge is -2.49. The zero-order valence-corrected chi connectivity index (χ0v) is 26.1. The molecular weight excluding hydrogens is 540 g/mol. The molecule has 3 aromatic carbocycles. The highest BCUT2D eigenvalue weighted by atomic mass is 16.5. The number of carbonyl (C=O) groups is 1. The van der Waals surface area contributed by atoms with Gasteiger partial charge in [-0.05, 0) is 96.2 Å². The van der Waals surface area contributed by atoms with Gasteiger partial charge in [-0.25, -0.2) is 0 Å². The molecule has 3 aromatic rings. The number of benzene rings is 3. The van der Waals surface area contributed by atoms with Gasteiger partial charge in [0.2, 0.25) is 0 Å². The lowest BCUT2D eigenvalue weighted by molar-refractivity contribution is 0.0287. The Kier molecular flexibility index (Phi) is 8.53. The molecule has 3 aliphatic rings. The smallest absolute Gasteiger partial charge is 0.254 e. The summed E-state index contributed by atoms with van der Waals surface area (Å²) < 4.78 is 22.8. The average molecular weight is 585 g/mol. The van der Waals surface area contributed by atoms with Gasteiger partial charge in [-0.15, -0.1) is 0 Å². The predicted octanol–water partition coefficient (Wildman–Crippen LogP) is 6.50. The number of ether oxygens (including phenoxy) is 4. The summed E-state index contributed by atoms with van der Waals surface area (Å²) in [6.45, 7) is 5.12. The third kappa shape index (κ3) is 5.44. The van der Waals surface area contributed by atoms with E-state index in [9.17, 15) is 4.79 Å². The Balaban J connectivity index is 1.38. The van der Waals surface area contributed by atoms with E-state index in [1.54, 1.807) is 28.4 Å². The summed E-state index contributed by atoms with van der Waals surface area (Å²) in [4.78, 5) is 18.8. The highest BCUT2D eigenvalue weighted by Gasteiger charge is 2.42. The van der Waals surface area contributed by atoms with Gasteiger partial charge in [0.25, 0.3) is 5.91 Å². The molecule has 1 saturated heterocycles. The molecular formula is C36H44N2O5. The van der Waals surface area contributed by atoms with Gasteiger partial charge < -0.3 is 23.8 Å². The van der Waals surface area contributed by atoms with E-state index in [1.807, 2.05) is 30.3 Å². The maximum absolute atomic E-state index is 14.0. The van der Waals surface area contributed by atoms with E-state index in [0.717, 1.165) is 68.0 Å². The summed E-state index contributed by atoms with van der Waals surface area (Å²) >= 11 is 0. The normalized spacial score (nSPS) is 23.0. The van der Waals surface area contributed by atoms with Crippen LogP contribution >= 0.6 is 0 Å². The van der Waals surface area contributed by atoms with Crippen molar-refractivity contribution in [2.24, 2.45) is 11.8 Å². The van der Waals surface area contributed by atoms with Crippen molar-refractivity contribution in [3.63, 3.8) is 0 Å². The molecule has 3 aliphatic heterocycles. The fourth-order valence-electron chi connectivity index (χ4n) is 7.81. The number of amides is 1. The maximum Gasteiger partial charge on any atom is 0.254 e. The lowest BCUT2D eigenvalue weighted by Crippen LogP contribution is -2.47. The Morgan fingerprint density at radius 3 is 1.98 bits per heavy atom. The Labute approximate surface area is 255 Å². The quantitative estimate of drug-likeness (QED) is 0.302. The molecule has 228 valence electrons. The third-order valence-electron chi connectivity index (χ3n) is 10.1. The van der Waals surface area contributed by atoms with Crippen molar-refractivity contribution in [2.75, 3.05) is 48.1 Å². The monoisotopic (exact) mass is 584 g/mol. The molecule has 1 fully saturated rings. The molecule has 0 unspecified atom stereocenters. The van der Waals surface area contributed by atoms with Crippen LogP contribution in [-0.2, 0) is 12.8 Å². The SMILES string of the molecule is CC[C@H]1CN2CCc3cc(OC)c(OC)cc3[C@@H]2C[C@H]1C[C@@H]1c2cc(OC)c(OC)cc2CCN1C(=O)c1ccccc1. The molecule has 0 radical (unpaired) electrons. The molecule has 6 rings (SSSR count). The van der Waals surface area contributed by atoms with E-state index in [4.69, 9.17) is 18.9 Å². The van der Waals surface area contributed by atoms with Gasteiger partial charge in [0, 0.05) is 31.2 Å². The minimum Gasteiger partial charge on any atom is -0.493 e. The highest BCUT2D eigenvalue weighted by molar-refractivity contribution is 5.94. The molecule has 0 N–H and O–H groups in total. The first-order valence-corrected chi connectivity index (χ1v) is 15.6. The van der Waals surface area contributed by atoms with E-state index < -0.39 is 0 Å². The van der Waals surface area contributed by atoms with Crippen molar-refractivity contribution in [3.8, 4) is 23.0 Å². The molecule has 7 nitrogen and oxygen atoms in total. The maximum atomic E-state index is 14.0. The summed E-state index contributed by atoms with van der Waals surface area (Å²) in [5, 5.41) is 0. The van der Waals surface area contributed by atoms with E-state index in [0.29, 0.717) is 30.2 Å². The minimum atomic E-state index is -0.0460. The molecule has 0 aromatic heterocycles. The molecule has 0 aliphatic carbocycles. The Morgan fingerprint density at radius 2 is 1.35 bits per heavy atom. The highest BCUT2D eigenvalue weighted by Crippen LogP contribution is 2.49. The molecule has 43 heavy (non-hydrogen) atoms. The number of hydrogen-bond acceptors (Lipinski definition) is 6. The zero-order chi connectivity index (χ0) is 30.1. The van der Waals surface area contributed by atoms with Crippen LogP contribution in [-0.4, -0.2) is 63.8 Å². The van der Waals surface area contributed by atoms with Crippen LogP contribution < -0.4 is 18.9 Å². The van der Waals surface area contributed by atoms with E-state index in [1.165, 1.54) is 22.3 Å². The van der Waals surface area contributed by atoms with Crippen LogP contribution in [0.1, 0.15) is 70.9 Å². The van der Waals surface area contributed by atoms with E-state index >= 15 is 0 Å². The third-order valence-corrected chi connectivity index (χ3v) is 10.1. The average Bonchev–Trinajstić information content (AvgIpc) is 3.06. The van der Waals surface area contributed by atoms with Crippen molar-refractivity contribution in [1.29, 1.82) is 0 Å². The van der Waals surface area contributed by atoms with E-state index in [2.05, 4.69) is 41.0 Å². The van der Waals surface area contributed by atoms with Crippen molar-refractivity contribution >= 4 is 5.91 Å². The largest absolute Gasteiger partial charge is 0.493 e. The van der Waals surface area contributed by atoms with Crippen LogP contribution in [0.2, 0.25) is 0 Å². The van der Waals surface area contributed by atoms with Crippen molar-refractivity contribution in [2.45, 2.75) is 51.1 Å². The first-order chi connectivity index (χ1) is 21.0. The van der Waals surface area contributed by atoms with Crippen LogP contribution in [0.3, 0.4) is 0 Å². The van der Waals surface area contributed by atoms with Crippen LogP contribution in [0.5, 0.6) is 23.0 Å². The van der Waals surface area contributed by atoms with E-state index in [-0.39, 0.29) is 11.9 Å². The standard InChI is InChI=1S/C36H44N2O5/c1-6-23-22-37-14-12-25-18-32(40-2)34(42-4)20-28(25)30(37)16-27(23)17-31-29-21-35(43-5)33(41-3)19-26(29)13-15-38(31)36(39)24-10-8-7-9-11-24/h7-11,18-21,23,27,30-31H,6,12-17,22H2,1-5H3/t23-,27-,30-,31+/m0/s1. The number of nitrogens with zero attached hydrogens (tertiary/aromatic N) is 2. The Hall–Kier alpha value is -3.71. The van der Waals surface area contributed by atoms with Gasteiger partial charge >= 0.3 is 0 Å². The number of carbonyl (C=O) groups excluding carboxylic acids is 1. The molecule has 4 atom stereocenters. The first-order valence-electron chi connectivity index (χ1n) is 15.6. The second-order valence-corrected chi connectivity index (χ2v) is 12.1. The predicted molar refractivity (Wildman–Crippen MR) is 168 cm³/mol. The van der Waals surface area contributed by atoms with Gasteiger partial charge in [0.05, 0.1) is 34.5 Å². The zero-order valence-electron chi connectivity index (χ0n) is 26.1. The second-order valence-electron chi connectivity index (χ2n) is 12.1. The van der Waals surface area contributed by atoms with Gasteiger partial charge in [-0.1, -0.05) is 31.5 Å². The molecule has 1 amide bonds. The Bertz CT molecular complexity index is 1460. The van der Waals surface area contributed by atoms with Crippen molar-refractivity contribution < 1.29 is 23.7 Å². The molecule has 0 spiro atoms. The first kappa shape index (κ1) is 29.4. The Morgan fingerprint density at radius 1 is 0.767 bits per heavy atom. The van der Waals surface area contributed by atoms with Crippen LogP contribution in [0.4, 0.5) is 0 Å². The second kappa shape index (κ2) is 12.5.